The van der Waals surface area contributed by atoms with Crippen molar-refractivity contribution in [3.8, 4) is 11.4 Å². The van der Waals surface area contributed by atoms with Crippen LogP contribution < -0.4 is 0 Å². The molecule has 1 aromatic carbocycles. The van der Waals surface area contributed by atoms with E-state index in [2.05, 4.69) is 30.7 Å². The maximum atomic E-state index is 5.94. The molecule has 88 valence electrons. The summed E-state index contributed by atoms with van der Waals surface area (Å²) in [5.74, 6) is 0.876. The molecule has 3 nitrogen and oxygen atoms in total. The number of aromatic nitrogens is 3. The van der Waals surface area contributed by atoms with E-state index < -0.39 is 0 Å². The van der Waals surface area contributed by atoms with Crippen molar-refractivity contribution in [2.75, 3.05) is 0 Å². The molecule has 1 N–H and O–H groups in total. The summed E-state index contributed by atoms with van der Waals surface area (Å²) in [6, 6.07) is 6.18. The number of hydrogen-bond acceptors (Lipinski definition) is 2. The summed E-state index contributed by atoms with van der Waals surface area (Å²) in [5, 5.41) is 7.87. The van der Waals surface area contributed by atoms with Gasteiger partial charge in [0, 0.05) is 21.1 Å². The highest BCUT2D eigenvalue weighted by atomic mass is 79.9. The molecule has 0 saturated heterocycles. The zero-order valence-corrected chi connectivity index (χ0v) is 11.9. The first-order chi connectivity index (χ1) is 8.16. The van der Waals surface area contributed by atoms with Crippen LogP contribution in [0.15, 0.2) is 22.7 Å². The van der Waals surface area contributed by atoms with Gasteiger partial charge < -0.3 is 0 Å². The molecule has 1 aliphatic rings. The van der Waals surface area contributed by atoms with Crippen LogP contribution in [-0.2, 0) is 0 Å². The van der Waals surface area contributed by atoms with E-state index in [0.29, 0.717) is 15.8 Å². The Morgan fingerprint density at radius 2 is 2.24 bits per heavy atom. The summed E-state index contributed by atoms with van der Waals surface area (Å²) in [4.78, 5) is 0. The summed E-state index contributed by atoms with van der Waals surface area (Å²) in [7, 11) is 0. The minimum atomic E-state index is 0.499. The van der Waals surface area contributed by atoms with Crippen molar-refractivity contribution in [2.45, 2.75) is 18.9 Å². The Balaban J connectivity index is 2.18. The number of H-pyrrole nitrogens is 1. The van der Waals surface area contributed by atoms with Crippen molar-refractivity contribution in [2.24, 2.45) is 0 Å². The summed E-state index contributed by atoms with van der Waals surface area (Å²) < 4.78 is 3.70. The SMILES string of the molecule is S=c1[nH]nc(-c2ccc(Cl)cc2Br)n1C1CC1. The van der Waals surface area contributed by atoms with Crippen LogP contribution in [0.1, 0.15) is 18.9 Å². The molecule has 1 aromatic heterocycles. The second kappa shape index (κ2) is 4.23. The van der Waals surface area contributed by atoms with Crippen molar-refractivity contribution in [3.63, 3.8) is 0 Å². The van der Waals surface area contributed by atoms with E-state index in [9.17, 15) is 0 Å². The van der Waals surface area contributed by atoms with Crippen molar-refractivity contribution in [1.82, 2.24) is 14.8 Å². The topological polar surface area (TPSA) is 33.6 Å². The third-order valence-corrected chi connectivity index (χ3v) is 3.97. The zero-order chi connectivity index (χ0) is 12.0. The number of nitrogens with zero attached hydrogens (tertiary/aromatic N) is 2. The second-order valence-electron chi connectivity index (χ2n) is 4.08. The quantitative estimate of drug-likeness (QED) is 0.830. The molecule has 3 rings (SSSR count). The first-order valence-electron chi connectivity index (χ1n) is 5.29. The van der Waals surface area contributed by atoms with Gasteiger partial charge in [-0.3, -0.25) is 9.67 Å². The standard InChI is InChI=1S/C11H9BrClN3S/c12-9-5-6(13)1-4-8(9)10-14-15-11(17)16(10)7-2-3-7/h1,4-5,7H,2-3H2,(H,15,17). The van der Waals surface area contributed by atoms with Gasteiger partial charge >= 0.3 is 0 Å². The molecule has 0 unspecified atom stereocenters. The van der Waals surface area contributed by atoms with Gasteiger partial charge in [0.05, 0.1) is 0 Å². The van der Waals surface area contributed by atoms with E-state index in [0.717, 1.165) is 15.9 Å². The van der Waals surface area contributed by atoms with Gasteiger partial charge in [-0.15, -0.1) is 0 Å². The number of aromatic amines is 1. The third kappa shape index (κ3) is 2.07. The molecule has 0 aliphatic heterocycles. The summed E-state index contributed by atoms with van der Waals surface area (Å²) in [6.45, 7) is 0. The van der Waals surface area contributed by atoms with Crippen LogP contribution in [0.5, 0.6) is 0 Å². The van der Waals surface area contributed by atoms with Crippen molar-refractivity contribution < 1.29 is 0 Å². The van der Waals surface area contributed by atoms with Crippen molar-refractivity contribution in [3.05, 3.63) is 32.5 Å². The lowest BCUT2D eigenvalue weighted by Crippen LogP contribution is -1.98. The van der Waals surface area contributed by atoms with Crippen LogP contribution in [-0.4, -0.2) is 14.8 Å². The predicted molar refractivity (Wildman–Crippen MR) is 73.8 cm³/mol. The molecule has 1 heterocycles. The molecule has 1 aliphatic carbocycles. The number of hydrogen-bond donors (Lipinski definition) is 1. The molecule has 0 radical (unpaired) electrons. The van der Waals surface area contributed by atoms with E-state index in [1.807, 2.05) is 18.2 Å². The van der Waals surface area contributed by atoms with E-state index in [1.165, 1.54) is 12.8 Å². The van der Waals surface area contributed by atoms with Crippen LogP contribution in [0.3, 0.4) is 0 Å². The van der Waals surface area contributed by atoms with E-state index in [-0.39, 0.29) is 0 Å². The lowest BCUT2D eigenvalue weighted by Gasteiger charge is -2.07. The average Bonchev–Trinajstić information content (AvgIpc) is 3.03. The maximum absolute atomic E-state index is 5.94. The Kier molecular flexibility index (Phi) is 2.84. The van der Waals surface area contributed by atoms with E-state index in [1.54, 1.807) is 0 Å². The highest BCUT2D eigenvalue weighted by Gasteiger charge is 2.28. The number of nitrogens with one attached hydrogen (secondary N) is 1. The molecular weight excluding hydrogens is 322 g/mol. The Morgan fingerprint density at radius 3 is 2.88 bits per heavy atom. The first kappa shape index (κ1) is 11.4. The Hall–Kier alpha value is -0.650. The summed E-state index contributed by atoms with van der Waals surface area (Å²) >= 11 is 14.7. The fourth-order valence-electron chi connectivity index (χ4n) is 1.84. The average molecular weight is 331 g/mol. The van der Waals surface area contributed by atoms with Gasteiger partial charge in [-0.05, 0) is 59.2 Å². The predicted octanol–water partition coefficient (Wildman–Crippen LogP) is 4.36. The van der Waals surface area contributed by atoms with Gasteiger partial charge in [-0.25, -0.2) is 0 Å². The number of benzene rings is 1. The van der Waals surface area contributed by atoms with Gasteiger partial charge in [0.1, 0.15) is 0 Å². The van der Waals surface area contributed by atoms with E-state index >= 15 is 0 Å². The van der Waals surface area contributed by atoms with Crippen LogP contribution in [0.25, 0.3) is 11.4 Å². The normalized spacial score (nSPS) is 15.2. The molecular formula is C11H9BrClN3S. The van der Waals surface area contributed by atoms with Crippen molar-refractivity contribution >= 4 is 39.7 Å². The smallest absolute Gasteiger partial charge is 0.195 e. The largest absolute Gasteiger partial charge is 0.297 e. The highest BCUT2D eigenvalue weighted by Crippen LogP contribution is 2.39. The molecule has 1 saturated carbocycles. The molecule has 1 fully saturated rings. The fraction of sp³-hybridized carbons (Fsp3) is 0.273. The lowest BCUT2D eigenvalue weighted by molar-refractivity contribution is 0.735. The van der Waals surface area contributed by atoms with Gasteiger partial charge in [-0.2, -0.15) is 5.10 Å². The van der Waals surface area contributed by atoms with Crippen LogP contribution in [0.2, 0.25) is 5.02 Å². The summed E-state index contributed by atoms with van der Waals surface area (Å²) in [5.41, 5.74) is 1.01. The Bertz CT molecular complexity index is 630. The number of halogens is 2. The monoisotopic (exact) mass is 329 g/mol. The minimum Gasteiger partial charge on any atom is -0.297 e. The molecule has 6 heteroatoms. The van der Waals surface area contributed by atoms with Crippen LogP contribution in [0.4, 0.5) is 0 Å². The highest BCUT2D eigenvalue weighted by molar-refractivity contribution is 9.10. The molecule has 2 aromatic rings. The van der Waals surface area contributed by atoms with Crippen molar-refractivity contribution in [1.29, 1.82) is 0 Å². The molecule has 17 heavy (non-hydrogen) atoms. The van der Waals surface area contributed by atoms with Gasteiger partial charge in [0.25, 0.3) is 0 Å². The molecule has 0 bridgehead atoms. The Morgan fingerprint density at radius 1 is 1.47 bits per heavy atom. The van der Waals surface area contributed by atoms with Crippen LogP contribution >= 0.6 is 39.7 Å². The molecule has 0 amide bonds. The maximum Gasteiger partial charge on any atom is 0.195 e. The first-order valence-corrected chi connectivity index (χ1v) is 6.87. The van der Waals surface area contributed by atoms with E-state index in [4.69, 9.17) is 23.8 Å². The molecule has 0 atom stereocenters. The summed E-state index contributed by atoms with van der Waals surface area (Å²) in [6.07, 6.45) is 2.35. The zero-order valence-electron chi connectivity index (χ0n) is 8.78. The number of rotatable bonds is 2. The molecule has 0 spiro atoms. The van der Waals surface area contributed by atoms with Gasteiger partial charge in [0.2, 0.25) is 0 Å². The third-order valence-electron chi connectivity index (χ3n) is 2.79. The Labute approximate surface area is 117 Å². The van der Waals surface area contributed by atoms with Crippen LogP contribution in [0, 0.1) is 4.77 Å². The van der Waals surface area contributed by atoms with Gasteiger partial charge in [-0.1, -0.05) is 11.6 Å². The van der Waals surface area contributed by atoms with Gasteiger partial charge in [0.15, 0.2) is 10.6 Å². The lowest BCUT2D eigenvalue weighted by atomic mass is 10.2. The fourth-order valence-corrected chi connectivity index (χ4v) is 2.98. The second-order valence-corrected chi connectivity index (χ2v) is 5.76. The minimum absolute atomic E-state index is 0.499.